The summed E-state index contributed by atoms with van der Waals surface area (Å²) in [6.07, 6.45) is -0.900. The fraction of sp³-hybridized carbons (Fsp3) is 0.643. The quantitative estimate of drug-likeness (QED) is 0.896. The van der Waals surface area contributed by atoms with E-state index in [1.165, 1.54) is 6.07 Å². The Hall–Kier alpha value is -1.34. The smallest absolute Gasteiger partial charge is 0.417 e. The summed E-state index contributed by atoms with van der Waals surface area (Å²) < 4.78 is 43.1. The van der Waals surface area contributed by atoms with Crippen molar-refractivity contribution in [2.75, 3.05) is 6.61 Å². The number of hydrogen-bond acceptors (Lipinski definition) is 4. The molecule has 3 fully saturated rings. The van der Waals surface area contributed by atoms with Crippen LogP contribution in [0.4, 0.5) is 13.2 Å². The van der Waals surface area contributed by atoms with Crippen molar-refractivity contribution >= 4 is 0 Å². The molecular weight excluding hydrogens is 285 g/mol. The highest BCUT2D eigenvalue weighted by molar-refractivity contribution is 5.20. The molecule has 2 N–H and O–H groups in total. The lowest BCUT2D eigenvalue weighted by Crippen LogP contribution is -2.61. The number of alkyl halides is 3. The lowest BCUT2D eigenvalue weighted by molar-refractivity contribution is -0.137. The fourth-order valence-corrected chi connectivity index (χ4v) is 3.23. The first-order valence-corrected chi connectivity index (χ1v) is 7.04. The SMILES string of the molecule is OC[C@H]1N[C@H]2CC[C@@H]1C[C@H]2Oc1ccc(C(F)(F)F)cn1. The molecule has 1 aromatic rings. The maximum atomic E-state index is 12.5. The molecule has 0 amide bonds. The van der Waals surface area contributed by atoms with Gasteiger partial charge in [-0.25, -0.2) is 4.98 Å². The van der Waals surface area contributed by atoms with Crippen molar-refractivity contribution in [3.8, 4) is 5.88 Å². The van der Waals surface area contributed by atoms with Gasteiger partial charge in [0.15, 0.2) is 0 Å². The topological polar surface area (TPSA) is 54.4 Å². The molecule has 4 nitrogen and oxygen atoms in total. The van der Waals surface area contributed by atoms with E-state index in [0.29, 0.717) is 5.92 Å². The third kappa shape index (κ3) is 2.98. The number of fused-ring (bicyclic) bond motifs is 3. The molecule has 116 valence electrons. The van der Waals surface area contributed by atoms with Gasteiger partial charge in [0, 0.05) is 24.3 Å². The van der Waals surface area contributed by atoms with E-state index < -0.39 is 11.7 Å². The molecule has 3 heterocycles. The third-order valence-electron chi connectivity index (χ3n) is 4.36. The summed E-state index contributed by atoms with van der Waals surface area (Å²) in [5.74, 6) is 0.558. The van der Waals surface area contributed by atoms with Crippen LogP contribution in [0.15, 0.2) is 18.3 Å². The van der Waals surface area contributed by atoms with E-state index in [1.54, 1.807) is 0 Å². The van der Waals surface area contributed by atoms with Crippen LogP contribution in [0.2, 0.25) is 0 Å². The number of aromatic nitrogens is 1. The summed E-state index contributed by atoms with van der Waals surface area (Å²) in [4.78, 5) is 3.74. The zero-order valence-electron chi connectivity index (χ0n) is 11.3. The van der Waals surface area contributed by atoms with Crippen LogP contribution in [0.5, 0.6) is 5.88 Å². The minimum atomic E-state index is -4.38. The van der Waals surface area contributed by atoms with E-state index in [1.807, 2.05) is 0 Å². The molecule has 1 aromatic heterocycles. The number of aliphatic hydroxyl groups excluding tert-OH is 1. The minimum absolute atomic E-state index is 0.101. The van der Waals surface area contributed by atoms with Crippen LogP contribution in [-0.2, 0) is 6.18 Å². The number of halogens is 3. The molecule has 7 heteroatoms. The molecular formula is C14H17F3N2O2. The predicted molar refractivity (Wildman–Crippen MR) is 68.8 cm³/mol. The van der Waals surface area contributed by atoms with Crippen molar-refractivity contribution < 1.29 is 23.0 Å². The van der Waals surface area contributed by atoms with Crippen LogP contribution in [0, 0.1) is 5.92 Å². The van der Waals surface area contributed by atoms with E-state index in [9.17, 15) is 18.3 Å². The Morgan fingerprint density at radius 1 is 1.33 bits per heavy atom. The number of nitrogens with zero attached hydrogens (tertiary/aromatic N) is 1. The summed E-state index contributed by atoms with van der Waals surface area (Å²) in [6, 6.07) is 2.46. The van der Waals surface area contributed by atoms with Crippen molar-refractivity contribution in [1.82, 2.24) is 10.3 Å². The number of hydrogen-bond donors (Lipinski definition) is 2. The van der Waals surface area contributed by atoms with Gasteiger partial charge in [-0.05, 0) is 31.2 Å². The Labute approximate surface area is 120 Å². The molecule has 1 saturated carbocycles. The second-order valence-corrected chi connectivity index (χ2v) is 5.67. The largest absolute Gasteiger partial charge is 0.473 e. The van der Waals surface area contributed by atoms with Crippen LogP contribution in [-0.4, -0.2) is 34.9 Å². The van der Waals surface area contributed by atoms with Gasteiger partial charge >= 0.3 is 6.18 Å². The lowest BCUT2D eigenvalue weighted by atomic mass is 9.75. The highest BCUT2D eigenvalue weighted by Crippen LogP contribution is 2.35. The molecule has 0 spiro atoms. The molecule has 1 aliphatic carbocycles. The fourth-order valence-electron chi connectivity index (χ4n) is 3.23. The Morgan fingerprint density at radius 2 is 2.14 bits per heavy atom. The highest BCUT2D eigenvalue weighted by atomic mass is 19.4. The monoisotopic (exact) mass is 302 g/mol. The molecule has 0 aromatic carbocycles. The molecule has 4 atom stereocenters. The Balaban J connectivity index is 1.65. The first-order valence-electron chi connectivity index (χ1n) is 7.04. The van der Waals surface area contributed by atoms with Gasteiger partial charge in [0.05, 0.1) is 12.2 Å². The minimum Gasteiger partial charge on any atom is -0.473 e. The Morgan fingerprint density at radius 3 is 2.67 bits per heavy atom. The maximum absolute atomic E-state index is 12.5. The molecule has 4 rings (SSSR count). The lowest BCUT2D eigenvalue weighted by Gasteiger charge is -2.47. The van der Waals surface area contributed by atoms with Crippen molar-refractivity contribution in [2.45, 2.75) is 43.6 Å². The van der Waals surface area contributed by atoms with E-state index in [-0.39, 0.29) is 30.7 Å². The van der Waals surface area contributed by atoms with E-state index in [0.717, 1.165) is 31.5 Å². The standard InChI is InChI=1S/C14H17F3N2O2/c15-14(16,17)9-2-4-13(18-6-9)21-12-5-8-1-3-10(12)19-11(8)7-20/h2,4,6,8,10-12,19-20H,1,3,5,7H2/t8-,10+,11-,12-/m1/s1. The summed E-state index contributed by atoms with van der Waals surface area (Å²) in [5, 5.41) is 12.6. The number of rotatable bonds is 3. The Kier molecular flexibility index (Phi) is 3.79. The van der Waals surface area contributed by atoms with Gasteiger partial charge in [0.1, 0.15) is 6.10 Å². The number of ether oxygens (including phenoxy) is 1. The van der Waals surface area contributed by atoms with Crippen molar-refractivity contribution in [2.24, 2.45) is 5.92 Å². The van der Waals surface area contributed by atoms with Gasteiger partial charge in [-0.2, -0.15) is 13.2 Å². The summed E-state index contributed by atoms with van der Waals surface area (Å²) in [7, 11) is 0. The summed E-state index contributed by atoms with van der Waals surface area (Å²) in [6.45, 7) is 0.104. The first-order chi connectivity index (χ1) is 9.97. The van der Waals surface area contributed by atoms with Crippen molar-refractivity contribution in [1.29, 1.82) is 0 Å². The molecule has 2 bridgehead atoms. The average Bonchev–Trinajstić information content (AvgIpc) is 2.47. The average molecular weight is 302 g/mol. The molecule has 3 aliphatic rings. The van der Waals surface area contributed by atoms with Gasteiger partial charge < -0.3 is 15.2 Å². The second kappa shape index (κ2) is 5.46. The van der Waals surface area contributed by atoms with Crippen molar-refractivity contribution in [3.63, 3.8) is 0 Å². The zero-order chi connectivity index (χ0) is 15.0. The van der Waals surface area contributed by atoms with E-state index in [2.05, 4.69) is 10.3 Å². The van der Waals surface area contributed by atoms with Gasteiger partial charge in [0.2, 0.25) is 5.88 Å². The number of aliphatic hydroxyl groups is 1. The second-order valence-electron chi connectivity index (χ2n) is 5.67. The first kappa shape index (κ1) is 14.6. The Bertz CT molecular complexity index is 492. The zero-order valence-corrected chi connectivity index (χ0v) is 11.3. The van der Waals surface area contributed by atoms with Gasteiger partial charge in [-0.3, -0.25) is 0 Å². The summed E-state index contributed by atoms with van der Waals surface area (Å²) in [5.41, 5.74) is -0.779. The number of piperidine rings is 2. The molecule has 0 radical (unpaired) electrons. The van der Waals surface area contributed by atoms with Gasteiger partial charge in [0.25, 0.3) is 0 Å². The van der Waals surface area contributed by atoms with Gasteiger partial charge in [-0.1, -0.05) is 0 Å². The van der Waals surface area contributed by atoms with Gasteiger partial charge in [-0.15, -0.1) is 0 Å². The van der Waals surface area contributed by atoms with Crippen LogP contribution in [0.1, 0.15) is 24.8 Å². The molecule has 2 saturated heterocycles. The third-order valence-corrected chi connectivity index (χ3v) is 4.36. The van der Waals surface area contributed by atoms with Crippen molar-refractivity contribution in [3.05, 3.63) is 23.9 Å². The number of pyridine rings is 1. The highest BCUT2D eigenvalue weighted by Gasteiger charge is 2.42. The van der Waals surface area contributed by atoms with Crippen LogP contribution in [0.3, 0.4) is 0 Å². The van der Waals surface area contributed by atoms with Crippen LogP contribution in [0.25, 0.3) is 0 Å². The summed E-state index contributed by atoms with van der Waals surface area (Å²) >= 11 is 0. The molecule has 21 heavy (non-hydrogen) atoms. The van der Waals surface area contributed by atoms with Crippen LogP contribution >= 0.6 is 0 Å². The molecule has 0 unspecified atom stereocenters. The molecule has 2 aliphatic heterocycles. The van der Waals surface area contributed by atoms with Crippen LogP contribution < -0.4 is 10.1 Å². The normalized spacial score (nSPS) is 32.2. The van der Waals surface area contributed by atoms with E-state index >= 15 is 0 Å². The van der Waals surface area contributed by atoms with E-state index in [4.69, 9.17) is 4.74 Å². The predicted octanol–water partition coefficient (Wildman–Crippen LogP) is 1.98. The maximum Gasteiger partial charge on any atom is 0.417 e. The number of nitrogens with one attached hydrogen (secondary N) is 1.